The number of esters is 1. The predicted octanol–water partition coefficient (Wildman–Crippen LogP) is 3.49. The van der Waals surface area contributed by atoms with Crippen LogP contribution in [0.3, 0.4) is 0 Å². The maximum absolute atomic E-state index is 13.2. The summed E-state index contributed by atoms with van der Waals surface area (Å²) in [6, 6.07) is 11.8. The Bertz CT molecular complexity index is 1210. The number of nitrogens with zero attached hydrogens (tertiary/aromatic N) is 1. The van der Waals surface area contributed by atoms with Gasteiger partial charge in [-0.25, -0.2) is 13.2 Å². The fourth-order valence-corrected chi connectivity index (χ4v) is 6.74. The van der Waals surface area contributed by atoms with E-state index in [2.05, 4.69) is 11.4 Å². The van der Waals surface area contributed by atoms with Crippen LogP contribution in [0.1, 0.15) is 54.2 Å². The van der Waals surface area contributed by atoms with Crippen LogP contribution in [0.15, 0.2) is 47.4 Å². The molecule has 1 fully saturated rings. The molecule has 10 heteroatoms. The van der Waals surface area contributed by atoms with E-state index in [0.29, 0.717) is 0 Å². The van der Waals surface area contributed by atoms with Crippen LogP contribution in [0.4, 0.5) is 0 Å². The number of rotatable bonds is 6. The second kappa shape index (κ2) is 10.7. The molecule has 2 aromatic rings. The molecule has 1 aliphatic carbocycles. The van der Waals surface area contributed by atoms with Crippen LogP contribution < -0.4 is 5.32 Å². The zero-order valence-corrected chi connectivity index (χ0v) is 21.3. The van der Waals surface area contributed by atoms with Gasteiger partial charge in [-0.15, -0.1) is 0 Å². The van der Waals surface area contributed by atoms with E-state index in [4.69, 9.17) is 21.1 Å². The number of carbonyl (C=O) groups excluding carboxylic acids is 2. The third kappa shape index (κ3) is 5.86. The van der Waals surface area contributed by atoms with Gasteiger partial charge < -0.3 is 14.8 Å². The van der Waals surface area contributed by atoms with Crippen molar-refractivity contribution in [2.24, 2.45) is 0 Å². The highest BCUT2D eigenvalue weighted by molar-refractivity contribution is 7.89. The van der Waals surface area contributed by atoms with E-state index in [1.807, 2.05) is 18.2 Å². The van der Waals surface area contributed by atoms with Crippen LogP contribution in [-0.4, -0.2) is 56.5 Å². The minimum atomic E-state index is -3.96. The first kappa shape index (κ1) is 25.6. The number of fused-ring (bicyclic) bond motifs is 1. The smallest absolute Gasteiger partial charge is 0.338 e. The molecule has 0 bridgehead atoms. The Morgan fingerprint density at radius 2 is 1.86 bits per heavy atom. The fourth-order valence-electron chi connectivity index (χ4n) is 4.65. The molecule has 8 nitrogen and oxygen atoms in total. The number of amides is 1. The summed E-state index contributed by atoms with van der Waals surface area (Å²) in [6.07, 6.45) is 2.21. The van der Waals surface area contributed by atoms with Crippen molar-refractivity contribution in [1.29, 1.82) is 0 Å². The number of ether oxygens (including phenoxy) is 2. The first-order chi connectivity index (χ1) is 16.6. The molecule has 2 aromatic carbocycles. The molecule has 4 rings (SSSR count). The number of hydrogen-bond donors (Lipinski definition) is 1. The molecular formula is C25H29ClN2O6S. The Hall–Kier alpha value is -2.46. The van der Waals surface area contributed by atoms with Crippen molar-refractivity contribution in [1.82, 2.24) is 9.62 Å². The normalized spacial score (nSPS) is 22.8. The summed E-state index contributed by atoms with van der Waals surface area (Å²) >= 11 is 6.20. The number of nitrogens with one attached hydrogen (secondary N) is 1. The van der Waals surface area contributed by atoms with Crippen molar-refractivity contribution in [3.63, 3.8) is 0 Å². The lowest BCUT2D eigenvalue weighted by Crippen LogP contribution is -2.48. The highest BCUT2D eigenvalue weighted by atomic mass is 35.5. The van der Waals surface area contributed by atoms with Crippen LogP contribution in [0, 0.1) is 0 Å². The lowest BCUT2D eigenvalue weighted by Gasteiger charge is -2.34. The molecule has 0 spiro atoms. The zero-order chi connectivity index (χ0) is 25.2. The van der Waals surface area contributed by atoms with E-state index in [1.54, 1.807) is 13.8 Å². The molecule has 0 unspecified atom stereocenters. The van der Waals surface area contributed by atoms with Gasteiger partial charge in [0.1, 0.15) is 4.90 Å². The van der Waals surface area contributed by atoms with Crippen molar-refractivity contribution in [2.75, 3.05) is 19.7 Å². The van der Waals surface area contributed by atoms with Gasteiger partial charge >= 0.3 is 5.97 Å². The average Bonchev–Trinajstić information content (AvgIpc) is 2.82. The molecule has 0 radical (unpaired) electrons. The molecule has 0 saturated carbocycles. The minimum Gasteiger partial charge on any atom is -0.452 e. The molecule has 1 amide bonds. The van der Waals surface area contributed by atoms with Gasteiger partial charge in [0, 0.05) is 13.1 Å². The second-order valence-electron chi connectivity index (χ2n) is 9.01. The van der Waals surface area contributed by atoms with E-state index in [-0.39, 0.29) is 46.8 Å². The van der Waals surface area contributed by atoms with Gasteiger partial charge in [-0.1, -0.05) is 35.9 Å². The number of benzene rings is 2. The van der Waals surface area contributed by atoms with Crippen molar-refractivity contribution >= 4 is 33.5 Å². The van der Waals surface area contributed by atoms with E-state index in [1.165, 1.54) is 28.1 Å². The quantitative estimate of drug-likeness (QED) is 0.585. The van der Waals surface area contributed by atoms with Crippen molar-refractivity contribution in [2.45, 2.75) is 56.3 Å². The van der Waals surface area contributed by atoms with E-state index in [0.717, 1.165) is 24.8 Å². The van der Waals surface area contributed by atoms with Crippen LogP contribution >= 0.6 is 11.6 Å². The Balaban J connectivity index is 1.41. The molecule has 188 valence electrons. The zero-order valence-electron chi connectivity index (χ0n) is 19.7. The summed E-state index contributed by atoms with van der Waals surface area (Å²) in [5.74, 6) is -1.22. The molecule has 2 aliphatic rings. The number of morpholine rings is 1. The largest absolute Gasteiger partial charge is 0.452 e. The highest BCUT2D eigenvalue weighted by Crippen LogP contribution is 2.30. The number of sulfonamides is 1. The predicted molar refractivity (Wildman–Crippen MR) is 131 cm³/mol. The topological polar surface area (TPSA) is 102 Å². The van der Waals surface area contributed by atoms with Crippen LogP contribution in [-0.2, 0) is 30.7 Å². The molecule has 1 N–H and O–H groups in total. The van der Waals surface area contributed by atoms with Gasteiger partial charge in [0.05, 0.1) is 28.8 Å². The summed E-state index contributed by atoms with van der Waals surface area (Å²) in [5, 5.41) is 2.93. The number of halogens is 1. The summed E-state index contributed by atoms with van der Waals surface area (Å²) in [5.41, 5.74) is 2.29. The SMILES string of the molecule is C[C@@H]1CN(S(=O)(=O)c2cc(C(=O)OCC(=O)N[C@H]3CCCc4ccccc43)ccc2Cl)C[C@@H](C)O1. The third-order valence-corrected chi connectivity index (χ3v) is 8.52. The first-order valence-electron chi connectivity index (χ1n) is 11.6. The number of carbonyl (C=O) groups is 2. The summed E-state index contributed by atoms with van der Waals surface area (Å²) in [6.45, 7) is 3.49. The summed E-state index contributed by atoms with van der Waals surface area (Å²) in [7, 11) is -3.96. The molecule has 0 aromatic heterocycles. The van der Waals surface area contributed by atoms with Gasteiger partial charge in [0.15, 0.2) is 6.61 Å². The fraction of sp³-hybridized carbons (Fsp3) is 0.440. The van der Waals surface area contributed by atoms with Crippen LogP contribution in [0.5, 0.6) is 0 Å². The Morgan fingerprint density at radius 1 is 1.14 bits per heavy atom. The molecule has 1 aliphatic heterocycles. The van der Waals surface area contributed by atoms with Gasteiger partial charge in [-0.05, 0) is 62.4 Å². The first-order valence-corrected chi connectivity index (χ1v) is 13.5. The van der Waals surface area contributed by atoms with E-state index in [9.17, 15) is 18.0 Å². The maximum Gasteiger partial charge on any atom is 0.338 e. The standard InChI is InChI=1S/C25H29ClN2O6S/c1-16-13-28(14-17(2)34-16)35(31,32)23-12-19(10-11-21(23)26)25(30)33-15-24(29)27-22-9-5-7-18-6-3-4-8-20(18)22/h3-4,6,8,10-12,16-17,22H,5,7,9,13-15H2,1-2H3,(H,27,29)/t16-,17-,22+/m1/s1. The average molecular weight is 521 g/mol. The molecule has 35 heavy (non-hydrogen) atoms. The van der Waals surface area contributed by atoms with Crippen LogP contribution in [0.25, 0.3) is 0 Å². The van der Waals surface area contributed by atoms with Gasteiger partial charge in [0.25, 0.3) is 5.91 Å². The van der Waals surface area contributed by atoms with Crippen LogP contribution in [0.2, 0.25) is 5.02 Å². The molecule has 1 heterocycles. The van der Waals surface area contributed by atoms with Gasteiger partial charge in [-0.3, -0.25) is 4.79 Å². The second-order valence-corrected chi connectivity index (χ2v) is 11.3. The molecule has 1 saturated heterocycles. The van der Waals surface area contributed by atoms with Crippen molar-refractivity contribution in [3.8, 4) is 0 Å². The monoisotopic (exact) mass is 520 g/mol. The summed E-state index contributed by atoms with van der Waals surface area (Å²) < 4.78 is 38.6. The van der Waals surface area contributed by atoms with Gasteiger partial charge in [0.2, 0.25) is 10.0 Å². The Morgan fingerprint density at radius 3 is 2.60 bits per heavy atom. The minimum absolute atomic E-state index is 0.00172. The third-order valence-electron chi connectivity index (χ3n) is 6.21. The van der Waals surface area contributed by atoms with Crippen molar-refractivity contribution in [3.05, 3.63) is 64.2 Å². The maximum atomic E-state index is 13.2. The van der Waals surface area contributed by atoms with E-state index < -0.39 is 28.5 Å². The lowest BCUT2D eigenvalue weighted by molar-refractivity contribution is -0.125. The number of hydrogen-bond acceptors (Lipinski definition) is 6. The lowest BCUT2D eigenvalue weighted by atomic mass is 9.88. The molecular weight excluding hydrogens is 492 g/mol. The molecule has 3 atom stereocenters. The Kier molecular flexibility index (Phi) is 7.80. The van der Waals surface area contributed by atoms with Crippen molar-refractivity contribution < 1.29 is 27.5 Å². The van der Waals surface area contributed by atoms with Gasteiger partial charge in [-0.2, -0.15) is 4.31 Å². The summed E-state index contributed by atoms with van der Waals surface area (Å²) in [4.78, 5) is 24.9. The highest BCUT2D eigenvalue weighted by Gasteiger charge is 2.34. The van der Waals surface area contributed by atoms with E-state index >= 15 is 0 Å². The Labute approximate surface area is 210 Å². The number of aryl methyl sites for hydroxylation is 1.